The molecule has 1 aliphatic rings. The maximum Gasteiger partial charge on any atom is 0.257 e. The Bertz CT molecular complexity index is 819. The number of amides is 1. The number of thiocarbonyl (C=S) groups is 1. The van der Waals surface area contributed by atoms with Crippen molar-refractivity contribution in [2.24, 2.45) is 0 Å². The van der Waals surface area contributed by atoms with E-state index in [9.17, 15) is 4.79 Å². The molecular weight excluding hydrogens is 398 g/mol. The molecular formula is C23H29N3O3S. The van der Waals surface area contributed by atoms with Gasteiger partial charge in [-0.1, -0.05) is 25.5 Å². The molecule has 1 saturated heterocycles. The van der Waals surface area contributed by atoms with E-state index in [1.165, 1.54) is 5.56 Å². The first-order valence-corrected chi connectivity index (χ1v) is 10.8. The van der Waals surface area contributed by atoms with E-state index in [1.807, 2.05) is 12.1 Å². The third-order valence-electron chi connectivity index (χ3n) is 4.83. The minimum Gasteiger partial charge on any atom is -0.494 e. The zero-order chi connectivity index (χ0) is 21.2. The second kappa shape index (κ2) is 11.6. The highest BCUT2D eigenvalue weighted by Gasteiger charge is 2.11. The van der Waals surface area contributed by atoms with Crippen molar-refractivity contribution in [3.8, 4) is 5.75 Å². The first kappa shape index (κ1) is 22.2. The maximum atomic E-state index is 12.4. The van der Waals surface area contributed by atoms with Gasteiger partial charge in [0.2, 0.25) is 0 Å². The van der Waals surface area contributed by atoms with Gasteiger partial charge in [-0.25, -0.2) is 0 Å². The van der Waals surface area contributed by atoms with Gasteiger partial charge in [0, 0.05) is 30.9 Å². The highest BCUT2D eigenvalue weighted by atomic mass is 32.1. The molecule has 0 aromatic heterocycles. The summed E-state index contributed by atoms with van der Waals surface area (Å²) in [4.78, 5) is 14.8. The van der Waals surface area contributed by atoms with E-state index in [4.69, 9.17) is 21.7 Å². The number of carbonyl (C=O) groups is 1. The van der Waals surface area contributed by atoms with Crippen molar-refractivity contribution in [2.75, 3.05) is 38.2 Å². The predicted molar refractivity (Wildman–Crippen MR) is 123 cm³/mol. The Morgan fingerprint density at radius 3 is 2.47 bits per heavy atom. The van der Waals surface area contributed by atoms with Crippen LogP contribution in [-0.2, 0) is 11.3 Å². The number of nitrogens with zero attached hydrogens (tertiary/aromatic N) is 1. The molecule has 0 unspecified atom stereocenters. The van der Waals surface area contributed by atoms with Gasteiger partial charge >= 0.3 is 0 Å². The van der Waals surface area contributed by atoms with Crippen LogP contribution in [0.3, 0.4) is 0 Å². The number of rotatable bonds is 8. The fraction of sp³-hybridized carbons (Fsp3) is 0.391. The Morgan fingerprint density at radius 2 is 1.80 bits per heavy atom. The number of anilines is 1. The van der Waals surface area contributed by atoms with Gasteiger partial charge < -0.3 is 14.8 Å². The molecule has 7 heteroatoms. The van der Waals surface area contributed by atoms with Crippen LogP contribution in [0.2, 0.25) is 0 Å². The summed E-state index contributed by atoms with van der Waals surface area (Å²) in [5, 5.41) is 6.04. The lowest BCUT2D eigenvalue weighted by molar-refractivity contribution is 0.0342. The SMILES string of the molecule is CCCCOc1ccc(C(=O)NC(=S)Nc2ccc(CN3CCOCC3)cc2)cc1. The molecule has 3 rings (SSSR count). The topological polar surface area (TPSA) is 62.8 Å². The second-order valence-corrected chi connectivity index (χ2v) is 7.63. The van der Waals surface area contributed by atoms with E-state index in [2.05, 4.69) is 34.6 Å². The number of hydrogen-bond donors (Lipinski definition) is 2. The van der Waals surface area contributed by atoms with E-state index < -0.39 is 0 Å². The van der Waals surface area contributed by atoms with Gasteiger partial charge in [-0.3, -0.25) is 15.0 Å². The van der Waals surface area contributed by atoms with Crippen molar-refractivity contribution in [1.82, 2.24) is 10.2 Å². The minimum absolute atomic E-state index is 0.253. The van der Waals surface area contributed by atoms with Crippen LogP contribution in [-0.4, -0.2) is 48.8 Å². The largest absolute Gasteiger partial charge is 0.494 e. The molecule has 0 aliphatic carbocycles. The van der Waals surface area contributed by atoms with Crippen LogP contribution in [0, 0.1) is 0 Å². The molecule has 2 aromatic rings. The molecule has 1 aliphatic heterocycles. The predicted octanol–water partition coefficient (Wildman–Crippen LogP) is 3.82. The van der Waals surface area contributed by atoms with Gasteiger partial charge in [-0.05, 0) is 60.6 Å². The molecule has 2 N–H and O–H groups in total. The zero-order valence-electron chi connectivity index (χ0n) is 17.4. The van der Waals surface area contributed by atoms with E-state index >= 15 is 0 Å². The van der Waals surface area contributed by atoms with E-state index in [-0.39, 0.29) is 11.0 Å². The zero-order valence-corrected chi connectivity index (χ0v) is 18.2. The highest BCUT2D eigenvalue weighted by molar-refractivity contribution is 7.80. The Morgan fingerprint density at radius 1 is 1.10 bits per heavy atom. The quantitative estimate of drug-likeness (QED) is 0.493. The number of unbranched alkanes of at least 4 members (excludes halogenated alkanes) is 1. The molecule has 0 saturated carbocycles. The lowest BCUT2D eigenvalue weighted by Crippen LogP contribution is -2.35. The summed E-state index contributed by atoms with van der Waals surface area (Å²) in [5.41, 5.74) is 2.60. The van der Waals surface area contributed by atoms with E-state index in [0.717, 1.165) is 57.1 Å². The van der Waals surface area contributed by atoms with Crippen LogP contribution in [0.5, 0.6) is 5.75 Å². The normalized spacial score (nSPS) is 14.2. The van der Waals surface area contributed by atoms with Crippen LogP contribution in [0.1, 0.15) is 35.7 Å². The maximum absolute atomic E-state index is 12.4. The van der Waals surface area contributed by atoms with Crippen LogP contribution in [0.4, 0.5) is 5.69 Å². The van der Waals surface area contributed by atoms with Crippen molar-refractivity contribution in [3.05, 3.63) is 59.7 Å². The van der Waals surface area contributed by atoms with Crippen molar-refractivity contribution >= 4 is 28.9 Å². The van der Waals surface area contributed by atoms with E-state index in [1.54, 1.807) is 24.3 Å². The van der Waals surface area contributed by atoms with Gasteiger partial charge in [0.1, 0.15) is 5.75 Å². The molecule has 1 fully saturated rings. The fourth-order valence-electron chi connectivity index (χ4n) is 3.09. The summed E-state index contributed by atoms with van der Waals surface area (Å²) < 4.78 is 11.0. The molecule has 160 valence electrons. The summed E-state index contributed by atoms with van der Waals surface area (Å²) in [7, 11) is 0. The average molecular weight is 428 g/mol. The molecule has 6 nitrogen and oxygen atoms in total. The minimum atomic E-state index is -0.253. The number of carbonyl (C=O) groups excluding carboxylic acids is 1. The van der Waals surface area contributed by atoms with Crippen molar-refractivity contribution in [1.29, 1.82) is 0 Å². The summed E-state index contributed by atoms with van der Waals surface area (Å²) >= 11 is 5.28. The van der Waals surface area contributed by atoms with Gasteiger partial charge in [-0.2, -0.15) is 0 Å². The van der Waals surface area contributed by atoms with E-state index in [0.29, 0.717) is 12.2 Å². The molecule has 1 amide bonds. The second-order valence-electron chi connectivity index (χ2n) is 7.22. The Labute approximate surface area is 183 Å². The first-order chi connectivity index (χ1) is 14.6. The first-order valence-electron chi connectivity index (χ1n) is 10.4. The van der Waals surface area contributed by atoms with Crippen LogP contribution >= 0.6 is 12.2 Å². The Kier molecular flexibility index (Phi) is 8.62. The lowest BCUT2D eigenvalue weighted by atomic mass is 10.2. The number of morpholine rings is 1. The van der Waals surface area contributed by atoms with Crippen molar-refractivity contribution in [2.45, 2.75) is 26.3 Å². The van der Waals surface area contributed by atoms with Crippen LogP contribution in [0.25, 0.3) is 0 Å². The lowest BCUT2D eigenvalue weighted by Gasteiger charge is -2.26. The monoisotopic (exact) mass is 427 g/mol. The van der Waals surface area contributed by atoms with Gasteiger partial charge in [0.25, 0.3) is 5.91 Å². The van der Waals surface area contributed by atoms with Crippen molar-refractivity contribution in [3.63, 3.8) is 0 Å². The van der Waals surface area contributed by atoms with Gasteiger partial charge in [0.05, 0.1) is 19.8 Å². The standard InChI is InChI=1S/C23H29N3O3S/c1-2-3-14-29-21-10-6-19(7-11-21)22(27)25-23(30)24-20-8-4-18(5-9-20)17-26-12-15-28-16-13-26/h4-11H,2-3,12-17H2,1H3,(H2,24,25,27,30). The third-order valence-corrected chi connectivity index (χ3v) is 5.04. The third kappa shape index (κ3) is 7.09. The molecule has 0 atom stereocenters. The number of ether oxygens (including phenoxy) is 2. The Hall–Kier alpha value is -2.48. The molecule has 0 radical (unpaired) electrons. The summed E-state index contributed by atoms with van der Waals surface area (Å²) in [5.74, 6) is 0.509. The smallest absolute Gasteiger partial charge is 0.257 e. The Balaban J connectivity index is 1.45. The summed E-state index contributed by atoms with van der Waals surface area (Å²) in [6, 6.07) is 15.1. The highest BCUT2D eigenvalue weighted by Crippen LogP contribution is 2.14. The van der Waals surface area contributed by atoms with Gasteiger partial charge in [0.15, 0.2) is 5.11 Å². The summed E-state index contributed by atoms with van der Waals surface area (Å²) in [6.45, 7) is 7.21. The fourth-order valence-corrected chi connectivity index (χ4v) is 3.30. The number of hydrogen-bond acceptors (Lipinski definition) is 5. The molecule has 0 spiro atoms. The van der Waals surface area contributed by atoms with Crippen molar-refractivity contribution < 1.29 is 14.3 Å². The van der Waals surface area contributed by atoms with Gasteiger partial charge in [-0.15, -0.1) is 0 Å². The molecule has 2 aromatic carbocycles. The van der Waals surface area contributed by atoms with Crippen LogP contribution in [0.15, 0.2) is 48.5 Å². The summed E-state index contributed by atoms with van der Waals surface area (Å²) in [6.07, 6.45) is 2.10. The number of benzene rings is 2. The van der Waals surface area contributed by atoms with Crippen LogP contribution < -0.4 is 15.4 Å². The number of nitrogens with one attached hydrogen (secondary N) is 2. The molecule has 1 heterocycles. The molecule has 0 bridgehead atoms. The molecule has 30 heavy (non-hydrogen) atoms. The average Bonchev–Trinajstić information content (AvgIpc) is 2.76.